The van der Waals surface area contributed by atoms with E-state index in [0.717, 1.165) is 31.7 Å². The van der Waals surface area contributed by atoms with Crippen molar-refractivity contribution in [2.24, 2.45) is 0 Å². The van der Waals surface area contributed by atoms with E-state index >= 15 is 0 Å². The number of pyridine rings is 2. The van der Waals surface area contributed by atoms with Gasteiger partial charge in [-0.2, -0.15) is 0 Å². The molecule has 0 aliphatic rings. The molecule has 2 aromatic heterocycles. The zero-order valence-corrected chi connectivity index (χ0v) is 13.3. The first-order valence-electron chi connectivity index (χ1n) is 7.81. The molecule has 0 aliphatic heterocycles. The van der Waals surface area contributed by atoms with Gasteiger partial charge in [0.15, 0.2) is 12.4 Å². The van der Waals surface area contributed by atoms with Gasteiger partial charge in [0.25, 0.3) is 0 Å². The lowest BCUT2D eigenvalue weighted by Gasteiger charge is -2.01. The Labute approximate surface area is 132 Å². The first-order valence-corrected chi connectivity index (χ1v) is 8.35. The molecule has 21 heavy (non-hydrogen) atoms. The van der Waals surface area contributed by atoms with Crippen LogP contribution in [-0.4, -0.2) is 10.9 Å². The van der Waals surface area contributed by atoms with Crippen molar-refractivity contribution in [3.8, 4) is 0 Å². The van der Waals surface area contributed by atoms with Gasteiger partial charge in [0.2, 0.25) is 0 Å². The van der Waals surface area contributed by atoms with Crippen LogP contribution in [-0.2, 0) is 19.4 Å². The van der Waals surface area contributed by atoms with E-state index in [4.69, 9.17) is 11.6 Å². The summed E-state index contributed by atoms with van der Waals surface area (Å²) in [4.78, 5) is 4.04. The normalized spacial score (nSPS) is 10.7. The van der Waals surface area contributed by atoms with Gasteiger partial charge in [-0.05, 0) is 55.4 Å². The molecular formula is C18H24ClN2+. The molecule has 0 atom stereocenters. The number of aromatic nitrogens is 2. The molecule has 2 rings (SSSR count). The third kappa shape index (κ3) is 6.26. The number of aryl methyl sites for hydroxylation is 3. The maximum absolute atomic E-state index is 5.70. The lowest BCUT2D eigenvalue weighted by Crippen LogP contribution is -2.32. The zero-order chi connectivity index (χ0) is 14.8. The van der Waals surface area contributed by atoms with Crippen LogP contribution in [0.25, 0.3) is 0 Å². The summed E-state index contributed by atoms with van der Waals surface area (Å²) in [6, 6.07) is 8.67. The number of alkyl halides is 1. The molecule has 0 bridgehead atoms. The Morgan fingerprint density at radius 2 is 1.43 bits per heavy atom. The van der Waals surface area contributed by atoms with Gasteiger partial charge in [0.1, 0.15) is 6.54 Å². The maximum Gasteiger partial charge on any atom is 0.169 e. The number of hydrogen-bond donors (Lipinski definition) is 0. The van der Waals surface area contributed by atoms with Gasteiger partial charge in [0, 0.05) is 36.8 Å². The van der Waals surface area contributed by atoms with Crippen molar-refractivity contribution in [1.82, 2.24) is 4.98 Å². The topological polar surface area (TPSA) is 16.8 Å². The van der Waals surface area contributed by atoms with Gasteiger partial charge in [-0.15, -0.1) is 11.6 Å². The van der Waals surface area contributed by atoms with Crippen molar-refractivity contribution in [3.05, 3.63) is 60.2 Å². The van der Waals surface area contributed by atoms with Gasteiger partial charge in [-0.1, -0.05) is 0 Å². The molecular weight excluding hydrogens is 280 g/mol. The molecule has 0 aromatic carbocycles. The first kappa shape index (κ1) is 16.0. The molecule has 0 spiro atoms. The Hall–Kier alpha value is -1.41. The summed E-state index contributed by atoms with van der Waals surface area (Å²) < 4.78 is 2.28. The minimum absolute atomic E-state index is 0.768. The smallest absolute Gasteiger partial charge is 0.169 e. The van der Waals surface area contributed by atoms with Crippen molar-refractivity contribution in [1.29, 1.82) is 0 Å². The minimum Gasteiger partial charge on any atom is -0.265 e. The van der Waals surface area contributed by atoms with Crippen LogP contribution in [0.15, 0.2) is 49.1 Å². The summed E-state index contributed by atoms with van der Waals surface area (Å²) >= 11 is 5.70. The number of rotatable bonds is 9. The molecule has 0 amide bonds. The van der Waals surface area contributed by atoms with Crippen molar-refractivity contribution in [2.45, 2.75) is 45.1 Å². The predicted octanol–water partition coefficient (Wildman–Crippen LogP) is 3.95. The average molecular weight is 304 g/mol. The van der Waals surface area contributed by atoms with Crippen LogP contribution in [0.1, 0.15) is 36.8 Å². The standard InChI is InChI=1S/C18H24ClN2/c19-11-3-1-5-18-9-15-21(16-10-18)14-4-2-6-17-7-12-20-13-8-17/h7-10,12-13,15-16H,1-6,11,14H2/q+1. The van der Waals surface area contributed by atoms with Crippen LogP contribution < -0.4 is 4.57 Å². The summed E-state index contributed by atoms with van der Waals surface area (Å²) in [7, 11) is 0. The van der Waals surface area contributed by atoms with Crippen molar-refractivity contribution in [3.63, 3.8) is 0 Å². The van der Waals surface area contributed by atoms with E-state index in [2.05, 4.69) is 46.2 Å². The summed E-state index contributed by atoms with van der Waals surface area (Å²) in [6.45, 7) is 1.09. The molecule has 0 unspecified atom stereocenters. The Morgan fingerprint density at radius 1 is 0.810 bits per heavy atom. The molecule has 0 fully saturated rings. The van der Waals surface area contributed by atoms with Crippen LogP contribution in [0.2, 0.25) is 0 Å². The third-order valence-electron chi connectivity index (χ3n) is 3.69. The highest BCUT2D eigenvalue weighted by atomic mass is 35.5. The van der Waals surface area contributed by atoms with Gasteiger partial charge < -0.3 is 0 Å². The molecule has 0 saturated carbocycles. The van der Waals surface area contributed by atoms with E-state index < -0.39 is 0 Å². The van der Waals surface area contributed by atoms with Gasteiger partial charge in [0.05, 0.1) is 0 Å². The van der Waals surface area contributed by atoms with Crippen LogP contribution in [0.4, 0.5) is 0 Å². The average Bonchev–Trinajstić information content (AvgIpc) is 2.54. The van der Waals surface area contributed by atoms with Gasteiger partial charge in [-0.25, -0.2) is 4.57 Å². The Balaban J connectivity index is 1.66. The van der Waals surface area contributed by atoms with Crippen molar-refractivity contribution in [2.75, 3.05) is 5.88 Å². The zero-order valence-electron chi connectivity index (χ0n) is 12.5. The largest absolute Gasteiger partial charge is 0.265 e. The second kappa shape index (κ2) is 9.51. The fourth-order valence-corrected chi connectivity index (χ4v) is 2.59. The maximum atomic E-state index is 5.70. The fourth-order valence-electron chi connectivity index (χ4n) is 2.40. The third-order valence-corrected chi connectivity index (χ3v) is 3.96. The highest BCUT2D eigenvalue weighted by Crippen LogP contribution is 2.05. The monoisotopic (exact) mass is 303 g/mol. The molecule has 2 heterocycles. The molecule has 3 heteroatoms. The van der Waals surface area contributed by atoms with Gasteiger partial charge >= 0.3 is 0 Å². The van der Waals surface area contributed by atoms with Gasteiger partial charge in [-0.3, -0.25) is 4.98 Å². The molecule has 0 radical (unpaired) electrons. The summed E-state index contributed by atoms with van der Waals surface area (Å²) in [6.07, 6.45) is 15.1. The quantitative estimate of drug-likeness (QED) is 0.389. The Morgan fingerprint density at radius 3 is 2.10 bits per heavy atom. The number of halogens is 1. The van der Waals surface area contributed by atoms with Crippen molar-refractivity contribution < 1.29 is 4.57 Å². The second-order valence-corrected chi connectivity index (χ2v) is 5.78. The molecule has 0 N–H and O–H groups in total. The minimum atomic E-state index is 0.768. The van der Waals surface area contributed by atoms with E-state index in [9.17, 15) is 0 Å². The summed E-state index contributed by atoms with van der Waals surface area (Å²) in [5, 5.41) is 0. The Bertz CT molecular complexity index is 496. The van der Waals surface area contributed by atoms with E-state index in [1.807, 2.05) is 12.4 Å². The Kier molecular flexibility index (Phi) is 7.23. The van der Waals surface area contributed by atoms with E-state index in [0.29, 0.717) is 0 Å². The van der Waals surface area contributed by atoms with E-state index in [1.54, 1.807) is 0 Å². The lowest BCUT2D eigenvalue weighted by atomic mass is 10.1. The molecule has 2 aromatic rings. The SMILES string of the molecule is ClCCCCc1cc[n+](CCCCc2ccncc2)cc1. The van der Waals surface area contributed by atoms with E-state index in [1.165, 1.54) is 30.4 Å². The highest BCUT2D eigenvalue weighted by molar-refractivity contribution is 6.17. The van der Waals surface area contributed by atoms with Crippen LogP contribution >= 0.6 is 11.6 Å². The summed E-state index contributed by atoms with van der Waals surface area (Å²) in [5.41, 5.74) is 2.79. The van der Waals surface area contributed by atoms with Crippen LogP contribution in [0, 0.1) is 0 Å². The second-order valence-electron chi connectivity index (χ2n) is 5.40. The molecule has 0 aliphatic carbocycles. The van der Waals surface area contributed by atoms with E-state index in [-0.39, 0.29) is 0 Å². The number of unbranched alkanes of at least 4 members (excludes halogenated alkanes) is 2. The highest BCUT2D eigenvalue weighted by Gasteiger charge is 2.01. The predicted molar refractivity (Wildman–Crippen MR) is 87.5 cm³/mol. The molecule has 112 valence electrons. The molecule has 0 saturated heterocycles. The molecule has 2 nitrogen and oxygen atoms in total. The van der Waals surface area contributed by atoms with Crippen molar-refractivity contribution >= 4 is 11.6 Å². The number of hydrogen-bond acceptors (Lipinski definition) is 1. The first-order chi connectivity index (χ1) is 10.4. The van der Waals surface area contributed by atoms with Crippen LogP contribution in [0.5, 0.6) is 0 Å². The van der Waals surface area contributed by atoms with Crippen LogP contribution in [0.3, 0.4) is 0 Å². The number of nitrogens with zero attached hydrogens (tertiary/aromatic N) is 2. The fraction of sp³-hybridized carbons (Fsp3) is 0.444. The summed E-state index contributed by atoms with van der Waals surface area (Å²) in [5.74, 6) is 0.768. The lowest BCUT2D eigenvalue weighted by molar-refractivity contribution is -0.697.